The molecule has 0 radical (unpaired) electrons. The van der Waals surface area contributed by atoms with Crippen molar-refractivity contribution in [2.75, 3.05) is 4.90 Å². The topological polar surface area (TPSA) is 3.24 Å². The summed E-state index contributed by atoms with van der Waals surface area (Å²) in [7, 11) is 0. The Balaban J connectivity index is 1.20. The Labute approximate surface area is 265 Å². The molecule has 8 aromatic rings. The normalized spacial score (nSPS) is 16.1. The molecule has 1 heterocycles. The zero-order chi connectivity index (χ0) is 29.3. The van der Waals surface area contributed by atoms with Gasteiger partial charge >= 0.3 is 0 Å². The summed E-state index contributed by atoms with van der Waals surface area (Å²) in [4.78, 5) is 2.44. The Bertz CT molecular complexity index is 2520. The monoisotopic (exact) mass is 587 g/mol. The van der Waals surface area contributed by atoms with Crippen LogP contribution < -0.4 is 4.90 Å². The molecule has 45 heavy (non-hydrogen) atoms. The average Bonchev–Trinajstić information content (AvgIpc) is 3.80. The molecule has 7 aromatic carbocycles. The zero-order valence-electron chi connectivity index (χ0n) is 24.3. The molecular formula is C43H25NS. The minimum atomic E-state index is -0.294. The minimum absolute atomic E-state index is 0.294. The Morgan fingerprint density at radius 2 is 0.956 bits per heavy atom. The molecule has 0 saturated carbocycles. The first kappa shape index (κ1) is 23.9. The summed E-state index contributed by atoms with van der Waals surface area (Å²) < 4.78 is 2.64. The molecule has 0 amide bonds. The van der Waals surface area contributed by atoms with Crippen molar-refractivity contribution >= 4 is 48.6 Å². The van der Waals surface area contributed by atoms with Gasteiger partial charge in [-0.05, 0) is 98.1 Å². The van der Waals surface area contributed by atoms with E-state index in [0.29, 0.717) is 0 Å². The highest BCUT2D eigenvalue weighted by atomic mass is 32.1. The maximum Gasteiger partial charge on any atom is 0.0738 e. The predicted octanol–water partition coefficient (Wildman–Crippen LogP) is 11.8. The molecule has 1 unspecified atom stereocenters. The quantitative estimate of drug-likeness (QED) is 0.199. The smallest absolute Gasteiger partial charge is 0.0738 e. The van der Waals surface area contributed by atoms with Gasteiger partial charge < -0.3 is 4.90 Å². The molecule has 0 fully saturated rings. The fourth-order valence-corrected chi connectivity index (χ4v) is 9.90. The lowest BCUT2D eigenvalue weighted by molar-refractivity contribution is 0.818. The number of hydrogen-bond acceptors (Lipinski definition) is 2. The molecule has 0 saturated heterocycles. The lowest BCUT2D eigenvalue weighted by Crippen LogP contribution is -2.23. The zero-order valence-corrected chi connectivity index (χ0v) is 25.1. The minimum Gasteiger partial charge on any atom is -0.310 e. The van der Waals surface area contributed by atoms with E-state index in [-0.39, 0.29) is 5.41 Å². The molecule has 3 aliphatic rings. The molecule has 2 heteroatoms. The van der Waals surface area contributed by atoms with Gasteiger partial charge in [0, 0.05) is 37.2 Å². The van der Waals surface area contributed by atoms with Gasteiger partial charge in [0.05, 0.1) is 5.41 Å². The van der Waals surface area contributed by atoms with E-state index in [4.69, 9.17) is 0 Å². The van der Waals surface area contributed by atoms with Gasteiger partial charge in [0.25, 0.3) is 0 Å². The lowest BCUT2D eigenvalue weighted by atomic mass is 9.73. The molecular weight excluding hydrogens is 563 g/mol. The standard InChI is InChI=1S/C43H25NS/c1-2-10-26(11-3-1)44(28-21-23-32-31-13-5-7-19-39(31)45-40(32)25-28)27-20-22-30-34-15-9-17-36-35-16-8-14-33-29-12-4-6-18-37(29)43(41(33)35,42(34)36)38(30)24-27/h1-25H. The third kappa shape index (κ3) is 2.85. The Hall–Kier alpha value is -5.44. The van der Waals surface area contributed by atoms with Crippen LogP contribution in [-0.4, -0.2) is 0 Å². The largest absolute Gasteiger partial charge is 0.310 e. The van der Waals surface area contributed by atoms with Crippen molar-refractivity contribution in [3.63, 3.8) is 0 Å². The molecule has 0 bridgehead atoms. The van der Waals surface area contributed by atoms with E-state index in [0.717, 1.165) is 5.69 Å². The van der Waals surface area contributed by atoms with Gasteiger partial charge in [0.1, 0.15) is 0 Å². The van der Waals surface area contributed by atoms with Crippen molar-refractivity contribution in [1.29, 1.82) is 0 Å². The van der Waals surface area contributed by atoms with Crippen molar-refractivity contribution in [2.45, 2.75) is 5.41 Å². The van der Waals surface area contributed by atoms with Gasteiger partial charge in [0.2, 0.25) is 0 Å². The van der Waals surface area contributed by atoms with Crippen LogP contribution in [0, 0.1) is 0 Å². The van der Waals surface area contributed by atoms with E-state index >= 15 is 0 Å². The second kappa shape index (κ2) is 8.38. The highest BCUT2D eigenvalue weighted by Gasteiger charge is 2.57. The number of benzene rings is 7. The highest BCUT2D eigenvalue weighted by Crippen LogP contribution is 2.70. The molecule has 3 aliphatic carbocycles. The third-order valence-corrected chi connectivity index (χ3v) is 11.5. The van der Waals surface area contributed by atoms with Crippen LogP contribution in [0.5, 0.6) is 0 Å². The molecule has 11 rings (SSSR count). The van der Waals surface area contributed by atoms with Gasteiger partial charge in [-0.2, -0.15) is 0 Å². The Morgan fingerprint density at radius 1 is 0.378 bits per heavy atom. The highest BCUT2D eigenvalue weighted by molar-refractivity contribution is 7.25. The van der Waals surface area contributed by atoms with Gasteiger partial charge in [-0.3, -0.25) is 0 Å². The molecule has 1 spiro atoms. The second-order valence-corrected chi connectivity index (χ2v) is 13.5. The summed E-state index contributed by atoms with van der Waals surface area (Å²) in [6.45, 7) is 0. The number of rotatable bonds is 3. The Kier molecular flexibility index (Phi) is 4.46. The van der Waals surface area contributed by atoms with Gasteiger partial charge in [-0.25, -0.2) is 0 Å². The number of anilines is 3. The summed E-state index contributed by atoms with van der Waals surface area (Å²) >= 11 is 1.87. The van der Waals surface area contributed by atoms with Crippen molar-refractivity contribution in [2.24, 2.45) is 0 Å². The molecule has 1 aromatic heterocycles. The number of nitrogens with zero attached hydrogens (tertiary/aromatic N) is 1. The molecule has 0 aliphatic heterocycles. The summed E-state index contributed by atoms with van der Waals surface area (Å²) in [5.41, 5.74) is 17.2. The van der Waals surface area contributed by atoms with Crippen LogP contribution in [0.4, 0.5) is 17.1 Å². The fourth-order valence-electron chi connectivity index (χ4n) is 8.76. The van der Waals surface area contributed by atoms with Crippen molar-refractivity contribution in [1.82, 2.24) is 0 Å². The Morgan fingerprint density at radius 3 is 1.76 bits per heavy atom. The average molecular weight is 588 g/mol. The SMILES string of the molecule is c1ccc(N(c2ccc3c(c2)C24c5ccccc5-c5cccc(c52)-c2cccc-3c24)c2ccc3c(c2)sc2ccccc23)cc1. The van der Waals surface area contributed by atoms with E-state index in [1.54, 1.807) is 0 Å². The van der Waals surface area contributed by atoms with Gasteiger partial charge in [-0.1, -0.05) is 109 Å². The third-order valence-electron chi connectivity index (χ3n) is 10.4. The first-order valence-corrected chi connectivity index (χ1v) is 16.4. The molecule has 0 N–H and O–H groups in total. The van der Waals surface area contributed by atoms with E-state index in [1.807, 2.05) is 11.3 Å². The predicted molar refractivity (Wildman–Crippen MR) is 189 cm³/mol. The first-order chi connectivity index (χ1) is 22.3. The van der Waals surface area contributed by atoms with Crippen LogP contribution in [0.15, 0.2) is 152 Å². The van der Waals surface area contributed by atoms with Crippen LogP contribution in [-0.2, 0) is 5.41 Å². The summed E-state index contributed by atoms with van der Waals surface area (Å²) in [5.74, 6) is 0. The number of fused-ring (bicyclic) bond motifs is 8. The van der Waals surface area contributed by atoms with E-state index in [2.05, 4.69) is 157 Å². The molecule has 1 atom stereocenters. The van der Waals surface area contributed by atoms with Crippen LogP contribution in [0.2, 0.25) is 0 Å². The second-order valence-electron chi connectivity index (χ2n) is 12.4. The fraction of sp³-hybridized carbons (Fsp3) is 0.0233. The maximum atomic E-state index is 2.50. The van der Waals surface area contributed by atoms with Crippen molar-refractivity contribution in [3.05, 3.63) is 174 Å². The van der Waals surface area contributed by atoms with Crippen LogP contribution in [0.1, 0.15) is 22.3 Å². The summed E-state index contributed by atoms with van der Waals surface area (Å²) in [6.07, 6.45) is 0. The van der Waals surface area contributed by atoms with E-state index in [9.17, 15) is 0 Å². The van der Waals surface area contributed by atoms with E-state index < -0.39 is 0 Å². The van der Waals surface area contributed by atoms with Crippen LogP contribution >= 0.6 is 11.3 Å². The summed E-state index contributed by atoms with van der Waals surface area (Å²) in [5, 5.41) is 2.65. The lowest BCUT2D eigenvalue weighted by Gasteiger charge is -2.30. The molecule has 1 nitrogen and oxygen atoms in total. The van der Waals surface area contributed by atoms with Crippen molar-refractivity contribution in [3.8, 4) is 33.4 Å². The van der Waals surface area contributed by atoms with Gasteiger partial charge in [0.15, 0.2) is 0 Å². The van der Waals surface area contributed by atoms with Crippen molar-refractivity contribution < 1.29 is 0 Å². The number of para-hydroxylation sites is 1. The van der Waals surface area contributed by atoms with E-state index in [1.165, 1.54) is 87.2 Å². The molecule has 208 valence electrons. The van der Waals surface area contributed by atoms with Crippen LogP contribution in [0.3, 0.4) is 0 Å². The summed E-state index contributed by atoms with van der Waals surface area (Å²) in [6, 6.07) is 56.7. The number of thiophene rings is 1. The van der Waals surface area contributed by atoms with Gasteiger partial charge in [-0.15, -0.1) is 11.3 Å². The maximum absolute atomic E-state index is 2.50. The first-order valence-electron chi connectivity index (χ1n) is 15.6. The number of hydrogen-bond donors (Lipinski definition) is 0. The van der Waals surface area contributed by atoms with Crippen LogP contribution in [0.25, 0.3) is 53.6 Å².